The molecule has 1 aliphatic carbocycles. The highest BCUT2D eigenvalue weighted by Gasteiger charge is 2.22. The Labute approximate surface area is 125 Å². The number of ether oxygens (including phenoxy) is 2. The van der Waals surface area contributed by atoms with Crippen molar-refractivity contribution in [2.24, 2.45) is 5.92 Å². The lowest BCUT2D eigenvalue weighted by Gasteiger charge is -2.27. The van der Waals surface area contributed by atoms with Crippen LogP contribution in [-0.4, -0.2) is 37.1 Å². The number of hydrogen-bond acceptors (Lipinski definition) is 5. The molecule has 5 nitrogen and oxygen atoms in total. The lowest BCUT2D eigenvalue weighted by atomic mass is 9.86. The molecule has 0 spiro atoms. The van der Waals surface area contributed by atoms with Crippen molar-refractivity contribution in [3.63, 3.8) is 0 Å². The number of aliphatic hydroxyl groups excluding tert-OH is 1. The van der Waals surface area contributed by atoms with Gasteiger partial charge >= 0.3 is 0 Å². The van der Waals surface area contributed by atoms with Crippen molar-refractivity contribution in [1.82, 2.24) is 5.32 Å². The first-order valence-electron chi connectivity index (χ1n) is 7.48. The molecule has 2 rings (SSSR count). The predicted octanol–water partition coefficient (Wildman–Crippen LogP) is 2.05. The zero-order chi connectivity index (χ0) is 15.2. The highest BCUT2D eigenvalue weighted by Crippen LogP contribution is 2.37. The van der Waals surface area contributed by atoms with Crippen LogP contribution in [0.15, 0.2) is 12.1 Å². The summed E-state index contributed by atoms with van der Waals surface area (Å²) in [6, 6.07) is 3.59. The molecular formula is C16H25NO4. The van der Waals surface area contributed by atoms with Crippen molar-refractivity contribution < 1.29 is 19.7 Å². The summed E-state index contributed by atoms with van der Waals surface area (Å²) >= 11 is 0. The minimum absolute atomic E-state index is 0.0199. The van der Waals surface area contributed by atoms with Crippen LogP contribution in [0.2, 0.25) is 0 Å². The fourth-order valence-electron chi connectivity index (χ4n) is 2.88. The first kappa shape index (κ1) is 15.9. The van der Waals surface area contributed by atoms with Gasteiger partial charge in [-0.2, -0.15) is 0 Å². The van der Waals surface area contributed by atoms with Gasteiger partial charge in [0.25, 0.3) is 0 Å². The molecule has 1 aromatic carbocycles. The average Bonchev–Trinajstić information content (AvgIpc) is 2.50. The van der Waals surface area contributed by atoms with Gasteiger partial charge in [-0.05, 0) is 36.5 Å². The average molecular weight is 295 g/mol. The van der Waals surface area contributed by atoms with Crippen LogP contribution in [0.4, 0.5) is 0 Å². The Bertz CT molecular complexity index is 439. The summed E-state index contributed by atoms with van der Waals surface area (Å²) in [5.74, 6) is 1.17. The molecule has 0 aliphatic heterocycles. The normalized spacial score (nSPS) is 22.0. The van der Waals surface area contributed by atoms with E-state index in [-0.39, 0.29) is 11.9 Å². The quantitative estimate of drug-likeness (QED) is 0.749. The van der Waals surface area contributed by atoms with Crippen molar-refractivity contribution in [2.75, 3.05) is 20.8 Å². The molecule has 5 heteroatoms. The van der Waals surface area contributed by atoms with Crippen LogP contribution in [0.1, 0.15) is 31.2 Å². The third kappa shape index (κ3) is 4.02. The van der Waals surface area contributed by atoms with Crippen LogP contribution in [0.25, 0.3) is 0 Å². The largest absolute Gasteiger partial charge is 0.502 e. The Kier molecular flexibility index (Phi) is 5.70. The number of hydrogen-bond donors (Lipinski definition) is 3. The highest BCUT2D eigenvalue weighted by molar-refractivity contribution is 5.52. The number of benzene rings is 1. The Morgan fingerprint density at radius 2 is 1.76 bits per heavy atom. The minimum atomic E-state index is -0.185. The highest BCUT2D eigenvalue weighted by atomic mass is 16.5. The van der Waals surface area contributed by atoms with Crippen molar-refractivity contribution >= 4 is 0 Å². The second-order valence-corrected chi connectivity index (χ2v) is 5.59. The Morgan fingerprint density at radius 3 is 2.33 bits per heavy atom. The van der Waals surface area contributed by atoms with Gasteiger partial charge in [-0.3, -0.25) is 0 Å². The van der Waals surface area contributed by atoms with Crippen LogP contribution >= 0.6 is 0 Å². The van der Waals surface area contributed by atoms with E-state index in [2.05, 4.69) is 5.32 Å². The molecular weight excluding hydrogens is 270 g/mol. The molecule has 1 aromatic rings. The van der Waals surface area contributed by atoms with Crippen LogP contribution in [0.5, 0.6) is 17.2 Å². The van der Waals surface area contributed by atoms with Gasteiger partial charge in [0, 0.05) is 13.1 Å². The van der Waals surface area contributed by atoms with E-state index in [1.165, 1.54) is 20.6 Å². The van der Waals surface area contributed by atoms with E-state index in [9.17, 15) is 10.2 Å². The fraction of sp³-hybridized carbons (Fsp3) is 0.625. The maximum absolute atomic E-state index is 9.95. The van der Waals surface area contributed by atoms with Gasteiger partial charge in [0.05, 0.1) is 20.3 Å². The number of rotatable bonds is 6. The molecule has 0 bridgehead atoms. The number of aromatic hydroxyl groups is 1. The van der Waals surface area contributed by atoms with Crippen LogP contribution in [-0.2, 0) is 6.54 Å². The second kappa shape index (κ2) is 7.52. The van der Waals surface area contributed by atoms with E-state index >= 15 is 0 Å². The molecule has 0 saturated heterocycles. The van der Waals surface area contributed by atoms with E-state index in [0.717, 1.165) is 31.4 Å². The smallest absolute Gasteiger partial charge is 0.200 e. The molecule has 0 amide bonds. The van der Waals surface area contributed by atoms with Crippen LogP contribution < -0.4 is 14.8 Å². The summed E-state index contributed by atoms with van der Waals surface area (Å²) in [7, 11) is 3.04. The summed E-state index contributed by atoms with van der Waals surface area (Å²) < 4.78 is 10.3. The third-order valence-electron chi connectivity index (χ3n) is 4.14. The molecule has 2 unspecified atom stereocenters. The molecule has 1 fully saturated rings. The van der Waals surface area contributed by atoms with Gasteiger partial charge in [-0.1, -0.05) is 12.8 Å². The summed E-state index contributed by atoms with van der Waals surface area (Å²) in [6.45, 7) is 1.45. The zero-order valence-corrected chi connectivity index (χ0v) is 12.8. The zero-order valence-electron chi connectivity index (χ0n) is 12.8. The SMILES string of the molecule is COc1cc(CNCC2CCCCC2O)cc(OC)c1O. The number of aliphatic hydroxyl groups is 1. The second-order valence-electron chi connectivity index (χ2n) is 5.59. The van der Waals surface area contributed by atoms with Crippen molar-refractivity contribution in [1.29, 1.82) is 0 Å². The Hall–Kier alpha value is -1.46. The first-order valence-corrected chi connectivity index (χ1v) is 7.48. The molecule has 0 heterocycles. The number of phenols is 1. The standard InChI is InChI=1S/C16H25NO4/c1-20-14-7-11(8-15(21-2)16(14)19)9-17-10-12-5-3-4-6-13(12)18/h7-8,12-13,17-19H,3-6,9-10H2,1-2H3. The maximum atomic E-state index is 9.95. The van der Waals surface area contributed by atoms with Crippen molar-refractivity contribution in [3.8, 4) is 17.2 Å². The van der Waals surface area contributed by atoms with Crippen molar-refractivity contribution in [2.45, 2.75) is 38.3 Å². The predicted molar refractivity (Wildman–Crippen MR) is 80.9 cm³/mol. The third-order valence-corrected chi connectivity index (χ3v) is 4.14. The Balaban J connectivity index is 1.93. The van der Waals surface area contributed by atoms with Gasteiger partial charge < -0.3 is 25.0 Å². The van der Waals surface area contributed by atoms with E-state index in [0.29, 0.717) is 24.0 Å². The fourth-order valence-corrected chi connectivity index (χ4v) is 2.88. The monoisotopic (exact) mass is 295 g/mol. The Morgan fingerprint density at radius 1 is 1.14 bits per heavy atom. The molecule has 3 N–H and O–H groups in total. The van der Waals surface area contributed by atoms with Crippen LogP contribution in [0.3, 0.4) is 0 Å². The topological polar surface area (TPSA) is 71.0 Å². The van der Waals surface area contributed by atoms with Crippen molar-refractivity contribution in [3.05, 3.63) is 17.7 Å². The van der Waals surface area contributed by atoms with E-state index < -0.39 is 0 Å². The van der Waals surface area contributed by atoms with Gasteiger partial charge in [0.2, 0.25) is 5.75 Å². The van der Waals surface area contributed by atoms with E-state index in [1.807, 2.05) is 0 Å². The number of methoxy groups -OCH3 is 2. The molecule has 1 saturated carbocycles. The first-order chi connectivity index (χ1) is 10.2. The van der Waals surface area contributed by atoms with Gasteiger partial charge in [-0.25, -0.2) is 0 Å². The van der Waals surface area contributed by atoms with Crippen LogP contribution in [0, 0.1) is 5.92 Å². The van der Waals surface area contributed by atoms with Gasteiger partial charge in [0.1, 0.15) is 0 Å². The lowest BCUT2D eigenvalue weighted by molar-refractivity contribution is 0.0695. The van der Waals surface area contributed by atoms with Gasteiger partial charge in [-0.15, -0.1) is 0 Å². The van der Waals surface area contributed by atoms with Gasteiger partial charge in [0.15, 0.2) is 11.5 Å². The maximum Gasteiger partial charge on any atom is 0.200 e. The van der Waals surface area contributed by atoms with E-state index in [4.69, 9.17) is 9.47 Å². The molecule has 2 atom stereocenters. The summed E-state index contributed by atoms with van der Waals surface area (Å²) in [4.78, 5) is 0. The lowest BCUT2D eigenvalue weighted by Crippen LogP contribution is -2.33. The summed E-state index contributed by atoms with van der Waals surface area (Å²) in [6.07, 6.45) is 4.13. The number of phenolic OH excluding ortho intramolecular Hbond substituents is 1. The van der Waals surface area contributed by atoms with E-state index in [1.54, 1.807) is 12.1 Å². The molecule has 0 aromatic heterocycles. The summed E-state index contributed by atoms with van der Waals surface area (Å²) in [5, 5.41) is 23.2. The molecule has 118 valence electrons. The molecule has 1 aliphatic rings. The minimum Gasteiger partial charge on any atom is -0.502 e. The molecule has 0 radical (unpaired) electrons. The molecule has 21 heavy (non-hydrogen) atoms. The number of nitrogens with one attached hydrogen (secondary N) is 1. The summed E-state index contributed by atoms with van der Waals surface area (Å²) in [5.41, 5.74) is 0.979.